The molecule has 0 fully saturated rings. The summed E-state index contributed by atoms with van der Waals surface area (Å²) in [7, 11) is 0. The highest BCUT2D eigenvalue weighted by Gasteiger charge is 2.04. The van der Waals surface area contributed by atoms with Crippen LogP contribution in [0.5, 0.6) is 5.75 Å². The van der Waals surface area contributed by atoms with E-state index in [0.717, 1.165) is 5.56 Å². The number of pyridine rings is 1. The molecular weight excluding hydrogens is 264 g/mol. The standard InChI is InChI=1S/C14H13ClN2O2/c1-9-6-13(18)11(14(19)17-9)8-16-7-10-4-2-3-5-12(10)15/h2-6,8H,7H2,1H3,(H2,17,18,19). The summed E-state index contributed by atoms with van der Waals surface area (Å²) in [6.07, 6.45) is 1.36. The summed E-state index contributed by atoms with van der Waals surface area (Å²) in [4.78, 5) is 18.4. The number of nitrogens with zero attached hydrogens (tertiary/aromatic N) is 1. The van der Waals surface area contributed by atoms with E-state index in [4.69, 9.17) is 11.6 Å². The van der Waals surface area contributed by atoms with Gasteiger partial charge in [0.1, 0.15) is 5.75 Å². The van der Waals surface area contributed by atoms with E-state index in [0.29, 0.717) is 17.3 Å². The summed E-state index contributed by atoms with van der Waals surface area (Å²) >= 11 is 6.00. The molecule has 1 aromatic carbocycles. The topological polar surface area (TPSA) is 65.5 Å². The fourth-order valence-corrected chi connectivity index (χ4v) is 1.86. The molecule has 19 heavy (non-hydrogen) atoms. The van der Waals surface area contributed by atoms with Crippen LogP contribution in [0.2, 0.25) is 5.02 Å². The first-order chi connectivity index (χ1) is 9.08. The molecule has 1 aromatic heterocycles. The Morgan fingerprint density at radius 1 is 1.42 bits per heavy atom. The van der Waals surface area contributed by atoms with Gasteiger partial charge in [-0.1, -0.05) is 29.8 Å². The van der Waals surface area contributed by atoms with Crippen molar-refractivity contribution in [3.05, 3.63) is 62.5 Å². The lowest BCUT2D eigenvalue weighted by Gasteiger charge is -2.01. The Kier molecular flexibility index (Phi) is 4.02. The minimum Gasteiger partial charge on any atom is -0.507 e. The van der Waals surface area contributed by atoms with Gasteiger partial charge in [0.2, 0.25) is 0 Å². The van der Waals surface area contributed by atoms with Crippen LogP contribution in [0, 0.1) is 6.92 Å². The van der Waals surface area contributed by atoms with Crippen LogP contribution in [0.25, 0.3) is 0 Å². The number of aliphatic imine (C=N–C) groups is 1. The van der Waals surface area contributed by atoms with Crippen LogP contribution >= 0.6 is 11.6 Å². The highest BCUT2D eigenvalue weighted by molar-refractivity contribution is 6.31. The van der Waals surface area contributed by atoms with Crippen molar-refractivity contribution in [2.45, 2.75) is 13.5 Å². The minimum absolute atomic E-state index is 0.0795. The average Bonchev–Trinajstić information content (AvgIpc) is 2.34. The number of H-pyrrole nitrogens is 1. The Morgan fingerprint density at radius 2 is 2.16 bits per heavy atom. The van der Waals surface area contributed by atoms with Crippen molar-refractivity contribution in [2.75, 3.05) is 0 Å². The molecule has 2 rings (SSSR count). The molecule has 4 nitrogen and oxygen atoms in total. The number of hydrogen-bond donors (Lipinski definition) is 2. The predicted octanol–water partition coefficient (Wildman–Crippen LogP) is 2.66. The average molecular weight is 277 g/mol. The molecule has 0 saturated heterocycles. The molecule has 2 N–H and O–H groups in total. The van der Waals surface area contributed by atoms with Gasteiger partial charge >= 0.3 is 0 Å². The van der Waals surface area contributed by atoms with Gasteiger partial charge in [-0.15, -0.1) is 0 Å². The smallest absolute Gasteiger partial charge is 0.260 e. The van der Waals surface area contributed by atoms with Crippen molar-refractivity contribution >= 4 is 17.8 Å². The molecule has 0 amide bonds. The third kappa shape index (κ3) is 3.23. The zero-order valence-corrected chi connectivity index (χ0v) is 11.1. The molecule has 0 radical (unpaired) electrons. The highest BCUT2D eigenvalue weighted by Crippen LogP contribution is 2.16. The van der Waals surface area contributed by atoms with Crippen LogP contribution in [0.1, 0.15) is 16.8 Å². The quantitative estimate of drug-likeness (QED) is 0.847. The maximum atomic E-state index is 11.6. The van der Waals surface area contributed by atoms with Crippen molar-refractivity contribution in [2.24, 2.45) is 4.99 Å². The maximum Gasteiger partial charge on any atom is 0.260 e. The Bertz CT molecular complexity index is 677. The Balaban J connectivity index is 2.21. The van der Waals surface area contributed by atoms with Crippen LogP contribution in [0.4, 0.5) is 0 Å². The van der Waals surface area contributed by atoms with E-state index in [1.54, 1.807) is 13.0 Å². The molecule has 0 aliphatic carbocycles. The van der Waals surface area contributed by atoms with Gasteiger partial charge in [0.25, 0.3) is 5.56 Å². The molecular formula is C14H13ClN2O2. The highest BCUT2D eigenvalue weighted by atomic mass is 35.5. The number of benzene rings is 1. The third-order valence-electron chi connectivity index (χ3n) is 2.62. The molecule has 5 heteroatoms. The Morgan fingerprint density at radius 3 is 2.84 bits per heavy atom. The molecule has 0 atom stereocenters. The fourth-order valence-electron chi connectivity index (χ4n) is 1.67. The molecule has 98 valence electrons. The van der Waals surface area contributed by atoms with Gasteiger partial charge in [0, 0.05) is 16.9 Å². The Labute approximate surface area is 115 Å². The number of rotatable bonds is 3. The normalized spacial score (nSPS) is 11.1. The maximum absolute atomic E-state index is 11.6. The molecule has 2 aromatic rings. The van der Waals surface area contributed by atoms with Crippen molar-refractivity contribution in [3.8, 4) is 5.75 Å². The molecule has 0 saturated carbocycles. The van der Waals surface area contributed by atoms with Crippen LogP contribution in [0.15, 0.2) is 40.1 Å². The van der Waals surface area contributed by atoms with Gasteiger partial charge < -0.3 is 10.1 Å². The molecule has 0 bridgehead atoms. The Hall–Kier alpha value is -2.07. The van der Waals surface area contributed by atoms with Crippen LogP contribution in [-0.4, -0.2) is 16.3 Å². The summed E-state index contributed by atoms with van der Waals surface area (Å²) in [6.45, 7) is 2.05. The van der Waals surface area contributed by atoms with Crippen molar-refractivity contribution in [1.82, 2.24) is 4.98 Å². The second-order valence-corrected chi connectivity index (χ2v) is 4.55. The van der Waals surface area contributed by atoms with E-state index >= 15 is 0 Å². The monoisotopic (exact) mass is 276 g/mol. The van der Waals surface area contributed by atoms with E-state index in [1.165, 1.54) is 12.3 Å². The predicted molar refractivity (Wildman–Crippen MR) is 76.2 cm³/mol. The number of aromatic nitrogens is 1. The second-order valence-electron chi connectivity index (χ2n) is 4.14. The van der Waals surface area contributed by atoms with Gasteiger partial charge in [0.05, 0.1) is 12.1 Å². The molecule has 0 unspecified atom stereocenters. The van der Waals surface area contributed by atoms with E-state index < -0.39 is 0 Å². The van der Waals surface area contributed by atoms with E-state index in [1.807, 2.05) is 18.2 Å². The lowest BCUT2D eigenvalue weighted by atomic mass is 10.2. The molecule has 0 aliphatic heterocycles. The SMILES string of the molecule is Cc1cc(O)c(C=NCc2ccccc2Cl)c(=O)[nH]1. The first kappa shape index (κ1) is 13.4. The van der Waals surface area contributed by atoms with Gasteiger partial charge in [-0.05, 0) is 24.6 Å². The van der Waals surface area contributed by atoms with E-state index in [2.05, 4.69) is 9.98 Å². The van der Waals surface area contributed by atoms with Gasteiger partial charge in [-0.2, -0.15) is 0 Å². The summed E-state index contributed by atoms with van der Waals surface area (Å²) in [5.74, 6) is -0.0795. The number of hydrogen-bond acceptors (Lipinski definition) is 3. The van der Waals surface area contributed by atoms with Gasteiger partial charge in [-0.3, -0.25) is 9.79 Å². The van der Waals surface area contributed by atoms with Gasteiger partial charge in [0.15, 0.2) is 0 Å². The van der Waals surface area contributed by atoms with Crippen LogP contribution < -0.4 is 5.56 Å². The van der Waals surface area contributed by atoms with Gasteiger partial charge in [-0.25, -0.2) is 0 Å². The summed E-state index contributed by atoms with van der Waals surface area (Å²) < 4.78 is 0. The number of aromatic hydroxyl groups is 1. The summed E-state index contributed by atoms with van der Waals surface area (Å²) in [6, 6.07) is 8.83. The fraction of sp³-hybridized carbons (Fsp3) is 0.143. The number of aromatic amines is 1. The number of nitrogens with one attached hydrogen (secondary N) is 1. The zero-order chi connectivity index (χ0) is 13.8. The van der Waals surface area contributed by atoms with E-state index in [9.17, 15) is 9.90 Å². The van der Waals surface area contributed by atoms with Crippen molar-refractivity contribution in [1.29, 1.82) is 0 Å². The third-order valence-corrected chi connectivity index (χ3v) is 2.99. The van der Waals surface area contributed by atoms with Crippen LogP contribution in [-0.2, 0) is 6.54 Å². The second kappa shape index (κ2) is 5.71. The van der Waals surface area contributed by atoms with Crippen molar-refractivity contribution in [3.63, 3.8) is 0 Å². The molecule has 0 aliphatic rings. The number of aryl methyl sites for hydroxylation is 1. The first-order valence-corrected chi connectivity index (χ1v) is 6.12. The largest absolute Gasteiger partial charge is 0.507 e. The summed E-state index contributed by atoms with van der Waals surface area (Å²) in [5.41, 5.74) is 1.26. The van der Waals surface area contributed by atoms with Crippen molar-refractivity contribution < 1.29 is 5.11 Å². The number of halogens is 1. The zero-order valence-electron chi connectivity index (χ0n) is 10.4. The van der Waals surface area contributed by atoms with Crippen LogP contribution in [0.3, 0.4) is 0 Å². The molecule has 1 heterocycles. The summed E-state index contributed by atoms with van der Waals surface area (Å²) in [5, 5.41) is 10.3. The lowest BCUT2D eigenvalue weighted by molar-refractivity contribution is 0.472. The lowest BCUT2D eigenvalue weighted by Crippen LogP contribution is -2.13. The minimum atomic E-state index is -0.361. The first-order valence-electron chi connectivity index (χ1n) is 5.74. The molecule has 0 spiro atoms. The van der Waals surface area contributed by atoms with E-state index in [-0.39, 0.29) is 16.9 Å².